The number of rotatable bonds is 7. The minimum absolute atomic E-state index is 0. The average Bonchev–Trinajstić information content (AvgIpc) is 2.70. The Labute approximate surface area is 174 Å². The number of nitrogens with one attached hydrogen (secondary N) is 2. The van der Waals surface area contributed by atoms with Crippen LogP contribution in [0.5, 0.6) is 0 Å². The van der Waals surface area contributed by atoms with Gasteiger partial charge < -0.3 is 10.2 Å². The Kier molecular flexibility index (Phi) is 6.20. The van der Waals surface area contributed by atoms with Gasteiger partial charge in [0.1, 0.15) is 0 Å². The highest BCUT2D eigenvalue weighted by Gasteiger charge is 2.18. The van der Waals surface area contributed by atoms with Crippen molar-refractivity contribution in [1.29, 1.82) is 0 Å². The Morgan fingerprint density at radius 2 is 1.59 bits per heavy atom. The first-order chi connectivity index (χ1) is 13.8. The molecule has 0 aromatic heterocycles. The van der Waals surface area contributed by atoms with E-state index in [9.17, 15) is 13.2 Å². The van der Waals surface area contributed by atoms with E-state index in [0.717, 1.165) is 16.6 Å². The summed E-state index contributed by atoms with van der Waals surface area (Å²) in [5.41, 5.74) is 2.57. The van der Waals surface area contributed by atoms with Gasteiger partial charge in [-0.1, -0.05) is 42.0 Å². The van der Waals surface area contributed by atoms with Crippen molar-refractivity contribution >= 4 is 32.4 Å². The van der Waals surface area contributed by atoms with Crippen molar-refractivity contribution in [1.82, 2.24) is 10.0 Å². The molecule has 0 fully saturated rings. The van der Waals surface area contributed by atoms with Crippen LogP contribution in [0.1, 0.15) is 18.8 Å². The molecular formula is C22H29N3O3S. The van der Waals surface area contributed by atoms with Crippen LogP contribution in [0.3, 0.4) is 0 Å². The third-order valence-corrected chi connectivity index (χ3v) is 6.17. The Morgan fingerprint density at radius 3 is 2.28 bits per heavy atom. The molecule has 6 nitrogen and oxygen atoms in total. The van der Waals surface area contributed by atoms with Crippen LogP contribution in [-0.2, 0) is 10.0 Å². The third kappa shape index (κ3) is 4.75. The molecule has 0 atom stereocenters. The van der Waals surface area contributed by atoms with Gasteiger partial charge in [-0.05, 0) is 31.2 Å². The zero-order valence-corrected chi connectivity index (χ0v) is 17.6. The first kappa shape index (κ1) is 20.8. The lowest BCUT2D eigenvalue weighted by Crippen LogP contribution is -2.34. The van der Waals surface area contributed by atoms with Crippen molar-refractivity contribution < 1.29 is 16.1 Å². The van der Waals surface area contributed by atoms with E-state index in [2.05, 4.69) is 10.0 Å². The summed E-state index contributed by atoms with van der Waals surface area (Å²) < 4.78 is 28.3. The summed E-state index contributed by atoms with van der Waals surface area (Å²) in [5.74, 6) is -0.231. The van der Waals surface area contributed by atoms with E-state index in [1.165, 1.54) is 0 Å². The predicted octanol–water partition coefficient (Wildman–Crippen LogP) is 3.41. The second-order valence-electron chi connectivity index (χ2n) is 7.04. The first-order valence-corrected chi connectivity index (χ1v) is 10.8. The largest absolute Gasteiger partial charge is 0.377 e. The number of hydrogen-bond acceptors (Lipinski definition) is 4. The van der Waals surface area contributed by atoms with Gasteiger partial charge in [-0.25, -0.2) is 13.1 Å². The smallest absolute Gasteiger partial charge is 0.251 e. The number of nitrogens with zero attached hydrogens (tertiary/aromatic N) is 1. The predicted molar refractivity (Wildman–Crippen MR) is 121 cm³/mol. The van der Waals surface area contributed by atoms with E-state index < -0.39 is 10.0 Å². The topological polar surface area (TPSA) is 78.5 Å². The summed E-state index contributed by atoms with van der Waals surface area (Å²) in [4.78, 5) is 14.3. The lowest BCUT2D eigenvalue weighted by Gasteiger charge is -2.17. The molecule has 0 aliphatic carbocycles. The molecule has 156 valence electrons. The van der Waals surface area contributed by atoms with Gasteiger partial charge in [0.05, 0.1) is 4.90 Å². The quantitative estimate of drug-likeness (QED) is 0.580. The Morgan fingerprint density at radius 1 is 0.931 bits per heavy atom. The van der Waals surface area contributed by atoms with Crippen LogP contribution < -0.4 is 14.9 Å². The Bertz CT molecular complexity index is 1130. The fourth-order valence-electron chi connectivity index (χ4n) is 3.14. The number of aryl methyl sites for hydroxylation is 1. The molecule has 1 amide bonds. The highest BCUT2D eigenvalue weighted by Crippen LogP contribution is 2.29. The van der Waals surface area contributed by atoms with Crippen LogP contribution in [0, 0.1) is 6.92 Å². The summed E-state index contributed by atoms with van der Waals surface area (Å²) in [6, 6.07) is 18.0. The van der Waals surface area contributed by atoms with Gasteiger partial charge in [0.25, 0.3) is 5.91 Å². The monoisotopic (exact) mass is 415 g/mol. The lowest BCUT2D eigenvalue weighted by molar-refractivity contribution is 0.0954. The molecule has 0 unspecified atom stereocenters. The number of benzene rings is 3. The van der Waals surface area contributed by atoms with E-state index in [4.69, 9.17) is 0 Å². The van der Waals surface area contributed by atoms with Gasteiger partial charge in [-0.15, -0.1) is 0 Å². The molecular weight excluding hydrogens is 386 g/mol. The van der Waals surface area contributed by atoms with E-state index in [1.807, 2.05) is 56.3 Å². The summed E-state index contributed by atoms with van der Waals surface area (Å²) in [5, 5.41) is 4.26. The fourth-order valence-corrected chi connectivity index (χ4v) is 4.39. The van der Waals surface area contributed by atoms with Crippen LogP contribution in [0.4, 0.5) is 5.69 Å². The molecule has 0 saturated heterocycles. The fraction of sp³-hybridized carbons (Fsp3) is 0.227. The molecule has 2 N–H and O–H groups in total. The van der Waals surface area contributed by atoms with E-state index in [0.29, 0.717) is 10.9 Å². The Hall–Kier alpha value is -2.90. The zero-order chi connectivity index (χ0) is 21.0. The molecule has 0 saturated carbocycles. The summed E-state index contributed by atoms with van der Waals surface area (Å²) in [7, 11) is 0.126. The van der Waals surface area contributed by atoms with Crippen molar-refractivity contribution in [2.75, 3.05) is 32.1 Å². The maximum absolute atomic E-state index is 12.8. The van der Waals surface area contributed by atoms with Gasteiger partial charge in [-0.2, -0.15) is 0 Å². The van der Waals surface area contributed by atoms with Crippen LogP contribution in [-0.4, -0.2) is 41.5 Å². The highest BCUT2D eigenvalue weighted by molar-refractivity contribution is 7.89. The lowest BCUT2D eigenvalue weighted by atomic mass is 10.1. The van der Waals surface area contributed by atoms with Crippen molar-refractivity contribution in [3.8, 4) is 0 Å². The second kappa shape index (κ2) is 8.63. The number of carbonyl (C=O) groups is 1. The number of anilines is 1. The van der Waals surface area contributed by atoms with Crippen LogP contribution in [0.25, 0.3) is 10.8 Å². The van der Waals surface area contributed by atoms with Gasteiger partial charge in [0.2, 0.25) is 10.0 Å². The van der Waals surface area contributed by atoms with Crippen molar-refractivity contribution in [2.24, 2.45) is 0 Å². The number of carbonyl (C=O) groups excluding carboxylic acids is 1. The molecule has 0 bridgehead atoms. The molecule has 3 aromatic carbocycles. The standard InChI is InChI=1S/C22H25N3O3S.2H2/c1-16-10-12-17(13-11-16)22(26)23-14-15-24-29(27,28)21-9-5-6-18-19(21)7-4-8-20(18)25(2)3;;/h4-13,24H,14-15H2,1-3H3,(H,23,26);2*1H. The van der Waals surface area contributed by atoms with Gasteiger partial charge in [0.15, 0.2) is 0 Å². The minimum atomic E-state index is -3.72. The van der Waals surface area contributed by atoms with Crippen LogP contribution >= 0.6 is 0 Å². The maximum atomic E-state index is 12.8. The molecule has 0 aliphatic rings. The van der Waals surface area contributed by atoms with Gasteiger partial charge in [-0.3, -0.25) is 4.79 Å². The van der Waals surface area contributed by atoms with Crippen LogP contribution in [0.15, 0.2) is 65.6 Å². The molecule has 3 rings (SSSR count). The minimum Gasteiger partial charge on any atom is -0.377 e. The molecule has 0 heterocycles. The normalized spacial score (nSPS) is 11.4. The van der Waals surface area contributed by atoms with Gasteiger partial charge in [0, 0.05) is 52.1 Å². The average molecular weight is 416 g/mol. The SMILES string of the molecule is Cc1ccc(C(=O)NCCNS(=O)(=O)c2cccc3c(N(C)C)cccc23)cc1.[HH].[HH]. The molecule has 7 heteroatoms. The Balaban J connectivity index is 0.00000240. The van der Waals surface area contributed by atoms with Crippen molar-refractivity contribution in [3.63, 3.8) is 0 Å². The van der Waals surface area contributed by atoms with E-state index >= 15 is 0 Å². The number of fused-ring (bicyclic) bond motifs is 1. The van der Waals surface area contributed by atoms with Crippen molar-refractivity contribution in [3.05, 3.63) is 71.8 Å². The number of hydrogen-bond donors (Lipinski definition) is 2. The molecule has 0 radical (unpaired) electrons. The van der Waals surface area contributed by atoms with Gasteiger partial charge >= 0.3 is 0 Å². The maximum Gasteiger partial charge on any atom is 0.251 e. The van der Waals surface area contributed by atoms with Crippen molar-refractivity contribution in [2.45, 2.75) is 11.8 Å². The van der Waals surface area contributed by atoms with E-state index in [-0.39, 0.29) is 26.7 Å². The molecule has 0 aliphatic heterocycles. The molecule has 3 aromatic rings. The highest BCUT2D eigenvalue weighted by atomic mass is 32.2. The molecule has 29 heavy (non-hydrogen) atoms. The zero-order valence-electron chi connectivity index (χ0n) is 16.8. The first-order valence-electron chi connectivity index (χ1n) is 9.33. The third-order valence-electron chi connectivity index (χ3n) is 4.65. The summed E-state index contributed by atoms with van der Waals surface area (Å²) in [6.07, 6.45) is 0. The van der Waals surface area contributed by atoms with E-state index in [1.54, 1.807) is 30.3 Å². The second-order valence-corrected chi connectivity index (χ2v) is 8.78. The number of sulfonamides is 1. The number of amides is 1. The van der Waals surface area contributed by atoms with Crippen LogP contribution in [0.2, 0.25) is 0 Å². The summed E-state index contributed by atoms with van der Waals surface area (Å²) >= 11 is 0. The molecule has 0 spiro atoms. The summed E-state index contributed by atoms with van der Waals surface area (Å²) in [6.45, 7) is 2.24.